The molecule has 0 aromatic heterocycles. The van der Waals surface area contributed by atoms with Crippen LogP contribution >= 0.6 is 0 Å². The smallest absolute Gasteiger partial charge is 0.321 e. The number of anilines is 1. The molecule has 1 fully saturated rings. The molecule has 1 aromatic rings. The van der Waals surface area contributed by atoms with E-state index in [1.54, 1.807) is 9.80 Å². The molecule has 2 rings (SSSR count). The number of hydrogen-bond donors (Lipinski definition) is 2. The first-order valence-corrected chi connectivity index (χ1v) is 7.62. The summed E-state index contributed by atoms with van der Waals surface area (Å²) >= 11 is 0. The number of rotatable bonds is 3. The van der Waals surface area contributed by atoms with E-state index >= 15 is 0 Å². The van der Waals surface area contributed by atoms with Gasteiger partial charge in [-0.2, -0.15) is 0 Å². The first kappa shape index (κ1) is 16.3. The van der Waals surface area contributed by atoms with E-state index in [9.17, 15) is 9.59 Å². The van der Waals surface area contributed by atoms with E-state index in [1.165, 1.54) is 0 Å². The maximum Gasteiger partial charge on any atom is 0.321 e. The molecule has 1 aliphatic heterocycles. The van der Waals surface area contributed by atoms with Gasteiger partial charge in [-0.3, -0.25) is 4.79 Å². The molecule has 1 saturated heterocycles. The molecule has 120 valence electrons. The topological polar surface area (TPSA) is 78.7 Å². The molecule has 6 nitrogen and oxygen atoms in total. The maximum atomic E-state index is 12.2. The second-order valence-electron chi connectivity index (χ2n) is 5.75. The highest BCUT2D eigenvalue weighted by Gasteiger charge is 2.26. The van der Waals surface area contributed by atoms with Crippen LogP contribution in [-0.2, 0) is 4.79 Å². The maximum absolute atomic E-state index is 12.2. The monoisotopic (exact) mass is 304 g/mol. The Morgan fingerprint density at radius 2 is 1.86 bits per heavy atom. The summed E-state index contributed by atoms with van der Waals surface area (Å²) in [6, 6.07) is 7.58. The van der Waals surface area contributed by atoms with Crippen LogP contribution in [0.3, 0.4) is 0 Å². The van der Waals surface area contributed by atoms with Crippen molar-refractivity contribution in [1.82, 2.24) is 9.80 Å². The summed E-state index contributed by atoms with van der Waals surface area (Å²) in [6.45, 7) is 6.38. The van der Waals surface area contributed by atoms with Gasteiger partial charge in [-0.1, -0.05) is 19.1 Å². The average molecular weight is 304 g/mol. The third-order valence-electron chi connectivity index (χ3n) is 3.92. The van der Waals surface area contributed by atoms with Gasteiger partial charge in [-0.15, -0.1) is 0 Å². The molecule has 1 heterocycles. The van der Waals surface area contributed by atoms with Gasteiger partial charge in [0.05, 0.1) is 0 Å². The molecule has 0 spiro atoms. The lowest BCUT2D eigenvalue weighted by molar-refractivity contribution is -0.136. The summed E-state index contributed by atoms with van der Waals surface area (Å²) in [4.78, 5) is 27.8. The molecule has 3 amide bonds. The second kappa shape index (κ2) is 7.26. The summed E-state index contributed by atoms with van der Waals surface area (Å²) < 4.78 is 0. The van der Waals surface area contributed by atoms with Gasteiger partial charge in [0.1, 0.15) is 0 Å². The van der Waals surface area contributed by atoms with E-state index in [4.69, 9.17) is 5.73 Å². The number of amides is 3. The van der Waals surface area contributed by atoms with E-state index in [-0.39, 0.29) is 17.9 Å². The predicted molar refractivity (Wildman–Crippen MR) is 86.6 cm³/mol. The molecule has 22 heavy (non-hydrogen) atoms. The van der Waals surface area contributed by atoms with E-state index in [2.05, 4.69) is 5.32 Å². The van der Waals surface area contributed by atoms with Gasteiger partial charge >= 0.3 is 6.03 Å². The number of piperazine rings is 1. The summed E-state index contributed by atoms with van der Waals surface area (Å²) in [6.07, 6.45) is 0. The summed E-state index contributed by atoms with van der Waals surface area (Å²) in [7, 11) is 0. The summed E-state index contributed by atoms with van der Waals surface area (Å²) in [5, 5.41) is 2.89. The van der Waals surface area contributed by atoms with Gasteiger partial charge in [-0.05, 0) is 24.6 Å². The molecule has 0 aliphatic carbocycles. The van der Waals surface area contributed by atoms with Gasteiger partial charge in [0.15, 0.2) is 0 Å². The molecule has 0 saturated carbocycles. The minimum Gasteiger partial charge on any atom is -0.339 e. The van der Waals surface area contributed by atoms with Crippen molar-refractivity contribution >= 4 is 17.6 Å². The van der Waals surface area contributed by atoms with Crippen LogP contribution in [0.25, 0.3) is 0 Å². The van der Waals surface area contributed by atoms with Gasteiger partial charge in [0, 0.05) is 44.3 Å². The Morgan fingerprint density at radius 1 is 1.23 bits per heavy atom. The highest BCUT2D eigenvalue weighted by Crippen LogP contribution is 2.12. The lowest BCUT2D eigenvalue weighted by Crippen LogP contribution is -2.53. The molecule has 1 aromatic carbocycles. The number of aryl methyl sites for hydroxylation is 1. The van der Waals surface area contributed by atoms with Gasteiger partial charge in [-0.25, -0.2) is 4.79 Å². The van der Waals surface area contributed by atoms with Crippen LogP contribution in [0, 0.1) is 12.8 Å². The summed E-state index contributed by atoms with van der Waals surface area (Å²) in [5.74, 6) is -0.0890. The average Bonchev–Trinajstić information content (AvgIpc) is 2.53. The molecule has 0 radical (unpaired) electrons. The first-order valence-electron chi connectivity index (χ1n) is 7.62. The number of hydrogen-bond acceptors (Lipinski definition) is 3. The van der Waals surface area contributed by atoms with E-state index < -0.39 is 0 Å². The number of nitrogens with zero attached hydrogens (tertiary/aromatic N) is 2. The van der Waals surface area contributed by atoms with Gasteiger partial charge in [0.2, 0.25) is 5.91 Å². The zero-order chi connectivity index (χ0) is 16.1. The van der Waals surface area contributed by atoms with Crippen molar-refractivity contribution in [1.29, 1.82) is 0 Å². The number of urea groups is 1. The zero-order valence-corrected chi connectivity index (χ0v) is 13.2. The standard InChI is InChI=1S/C16H24N4O2/c1-12-4-3-5-14(10-12)18-16(22)20-8-6-19(7-9-20)15(21)13(2)11-17/h3-5,10,13H,6-9,11,17H2,1-2H3,(H,18,22). The molecule has 1 aliphatic rings. The number of carbonyl (C=O) groups excluding carboxylic acids is 2. The van der Waals surface area contributed by atoms with Crippen molar-refractivity contribution in [2.75, 3.05) is 38.0 Å². The highest BCUT2D eigenvalue weighted by atomic mass is 16.2. The third-order valence-corrected chi connectivity index (χ3v) is 3.92. The van der Waals surface area contributed by atoms with Crippen LogP contribution in [0.5, 0.6) is 0 Å². The Hall–Kier alpha value is -2.08. The molecular weight excluding hydrogens is 280 g/mol. The predicted octanol–water partition coefficient (Wildman–Crippen LogP) is 1.27. The van der Waals surface area contributed by atoms with Crippen LogP contribution in [0.1, 0.15) is 12.5 Å². The number of carbonyl (C=O) groups is 2. The van der Waals surface area contributed by atoms with Crippen LogP contribution in [-0.4, -0.2) is 54.5 Å². The molecule has 1 unspecified atom stereocenters. The Bertz CT molecular complexity index is 539. The van der Waals surface area contributed by atoms with Crippen LogP contribution in [0.15, 0.2) is 24.3 Å². The van der Waals surface area contributed by atoms with Crippen molar-refractivity contribution in [3.8, 4) is 0 Å². The lowest BCUT2D eigenvalue weighted by Gasteiger charge is -2.35. The van der Waals surface area contributed by atoms with Crippen molar-refractivity contribution < 1.29 is 9.59 Å². The van der Waals surface area contributed by atoms with Crippen molar-refractivity contribution in [2.24, 2.45) is 11.7 Å². The zero-order valence-electron chi connectivity index (χ0n) is 13.2. The van der Waals surface area contributed by atoms with E-state index in [1.807, 2.05) is 38.1 Å². The Labute approximate surface area is 131 Å². The van der Waals surface area contributed by atoms with Crippen molar-refractivity contribution in [3.05, 3.63) is 29.8 Å². The third kappa shape index (κ3) is 3.98. The molecule has 1 atom stereocenters. The van der Waals surface area contributed by atoms with Crippen molar-refractivity contribution in [2.45, 2.75) is 13.8 Å². The fourth-order valence-corrected chi connectivity index (χ4v) is 2.47. The fraction of sp³-hybridized carbons (Fsp3) is 0.500. The quantitative estimate of drug-likeness (QED) is 0.882. The molecule has 0 bridgehead atoms. The van der Waals surface area contributed by atoms with E-state index in [0.29, 0.717) is 32.7 Å². The summed E-state index contributed by atoms with van der Waals surface area (Å²) in [5.41, 5.74) is 7.42. The van der Waals surface area contributed by atoms with Crippen LogP contribution in [0.2, 0.25) is 0 Å². The highest BCUT2D eigenvalue weighted by molar-refractivity contribution is 5.89. The minimum absolute atomic E-state index is 0.0706. The Kier molecular flexibility index (Phi) is 5.38. The van der Waals surface area contributed by atoms with E-state index in [0.717, 1.165) is 11.3 Å². The minimum atomic E-state index is -0.160. The second-order valence-corrected chi connectivity index (χ2v) is 5.75. The first-order chi connectivity index (χ1) is 10.5. The number of nitrogens with one attached hydrogen (secondary N) is 1. The largest absolute Gasteiger partial charge is 0.339 e. The molecule has 3 N–H and O–H groups in total. The number of benzene rings is 1. The lowest BCUT2D eigenvalue weighted by atomic mass is 10.1. The van der Waals surface area contributed by atoms with Crippen LogP contribution < -0.4 is 11.1 Å². The normalized spacial score (nSPS) is 16.3. The van der Waals surface area contributed by atoms with Gasteiger partial charge in [0.25, 0.3) is 0 Å². The Balaban J connectivity index is 1.86. The molecular formula is C16H24N4O2. The fourth-order valence-electron chi connectivity index (χ4n) is 2.47. The number of nitrogens with two attached hydrogens (primary N) is 1. The SMILES string of the molecule is Cc1cccc(NC(=O)N2CCN(C(=O)C(C)CN)CC2)c1. The Morgan fingerprint density at radius 3 is 2.45 bits per heavy atom. The van der Waals surface area contributed by atoms with Crippen molar-refractivity contribution in [3.63, 3.8) is 0 Å². The van der Waals surface area contributed by atoms with Crippen LogP contribution in [0.4, 0.5) is 10.5 Å². The molecule has 6 heteroatoms. The van der Waals surface area contributed by atoms with Gasteiger partial charge < -0.3 is 20.9 Å².